The van der Waals surface area contributed by atoms with Crippen molar-refractivity contribution in [2.45, 2.75) is 39.0 Å². The minimum Gasteiger partial charge on any atom is -0.494 e. The Morgan fingerprint density at radius 3 is 2.32 bits per heavy atom. The molecule has 0 bridgehead atoms. The molecule has 1 aromatic heterocycles. The number of aromatic nitrogens is 2. The fourth-order valence-corrected chi connectivity index (χ4v) is 4.65. The van der Waals surface area contributed by atoms with E-state index >= 15 is 0 Å². The molecule has 7 nitrogen and oxygen atoms in total. The van der Waals surface area contributed by atoms with Gasteiger partial charge in [0.1, 0.15) is 17.0 Å². The molecule has 1 N–H and O–H groups in total. The summed E-state index contributed by atoms with van der Waals surface area (Å²) >= 11 is 0. The van der Waals surface area contributed by atoms with Crippen molar-refractivity contribution in [1.29, 1.82) is 0 Å². The number of nitrogens with zero attached hydrogens (tertiary/aromatic N) is 3. The van der Waals surface area contributed by atoms with Crippen molar-refractivity contribution in [2.24, 2.45) is 0 Å². The van der Waals surface area contributed by atoms with Gasteiger partial charge in [0.15, 0.2) is 0 Å². The van der Waals surface area contributed by atoms with E-state index in [0.717, 1.165) is 22.4 Å². The summed E-state index contributed by atoms with van der Waals surface area (Å²) in [7, 11) is 0. The third kappa shape index (κ3) is 4.98. The van der Waals surface area contributed by atoms with Crippen LogP contribution in [0.2, 0.25) is 0 Å². The Balaban J connectivity index is 1.47. The predicted molar refractivity (Wildman–Crippen MR) is 142 cm³/mol. The van der Waals surface area contributed by atoms with Gasteiger partial charge in [0.2, 0.25) is 5.91 Å². The molecule has 1 atom stereocenters. The number of benzene rings is 3. The highest BCUT2D eigenvalue weighted by Gasteiger charge is 2.48. The highest BCUT2D eigenvalue weighted by atomic mass is 16.5. The molecular weight excluding hydrogens is 464 g/mol. The van der Waals surface area contributed by atoms with Gasteiger partial charge in [0, 0.05) is 18.7 Å². The molecule has 37 heavy (non-hydrogen) atoms. The molecule has 1 aliphatic heterocycles. The second kappa shape index (κ2) is 10.3. The minimum absolute atomic E-state index is 0.224. The highest BCUT2D eigenvalue weighted by molar-refractivity contribution is 6.00. The van der Waals surface area contributed by atoms with Crippen LogP contribution in [0.5, 0.6) is 5.75 Å². The van der Waals surface area contributed by atoms with E-state index in [1.54, 1.807) is 9.58 Å². The second-order valence-electron chi connectivity index (χ2n) is 9.35. The molecule has 0 saturated carbocycles. The largest absolute Gasteiger partial charge is 0.494 e. The number of carbonyl (C=O) groups is 2. The first-order chi connectivity index (χ1) is 18.0. The number of nitrogens with one attached hydrogen (secondary N) is 1. The Hall–Kier alpha value is -4.39. The smallest absolute Gasteiger partial charge is 0.273 e. The molecule has 2 amide bonds. The molecule has 3 aromatic carbocycles. The fourth-order valence-electron chi connectivity index (χ4n) is 4.65. The monoisotopic (exact) mass is 494 g/mol. The normalized spacial score (nSPS) is 16.8. The van der Waals surface area contributed by atoms with Crippen LogP contribution in [-0.2, 0) is 24.4 Å². The van der Waals surface area contributed by atoms with E-state index < -0.39 is 5.54 Å². The first-order valence-electron chi connectivity index (χ1n) is 12.5. The van der Waals surface area contributed by atoms with E-state index in [2.05, 4.69) is 5.32 Å². The van der Waals surface area contributed by atoms with E-state index in [1.807, 2.05) is 105 Å². The lowest BCUT2D eigenvalue weighted by Crippen LogP contribution is -2.63. The molecule has 188 valence electrons. The lowest BCUT2D eigenvalue weighted by molar-refractivity contribution is -0.133. The zero-order chi connectivity index (χ0) is 25.8. The van der Waals surface area contributed by atoms with Crippen LogP contribution in [0.1, 0.15) is 35.5 Å². The van der Waals surface area contributed by atoms with Gasteiger partial charge in [-0.15, -0.1) is 0 Å². The molecule has 5 rings (SSSR count). The van der Waals surface area contributed by atoms with Crippen LogP contribution in [0.4, 0.5) is 0 Å². The van der Waals surface area contributed by atoms with E-state index in [1.165, 1.54) is 0 Å². The van der Waals surface area contributed by atoms with Gasteiger partial charge in [-0.2, -0.15) is 5.10 Å². The van der Waals surface area contributed by atoms with Crippen molar-refractivity contribution >= 4 is 11.8 Å². The number of carbonyl (C=O) groups excluding carboxylic acids is 2. The third-order valence-corrected chi connectivity index (χ3v) is 6.73. The van der Waals surface area contributed by atoms with E-state index in [4.69, 9.17) is 9.84 Å². The topological polar surface area (TPSA) is 76.5 Å². The van der Waals surface area contributed by atoms with Crippen LogP contribution in [0, 0.1) is 0 Å². The Bertz CT molecular complexity index is 1380. The van der Waals surface area contributed by atoms with Crippen molar-refractivity contribution in [3.05, 3.63) is 108 Å². The van der Waals surface area contributed by atoms with E-state index in [0.29, 0.717) is 24.5 Å². The maximum Gasteiger partial charge on any atom is 0.273 e. The Labute approximate surface area is 216 Å². The van der Waals surface area contributed by atoms with Crippen LogP contribution >= 0.6 is 0 Å². The van der Waals surface area contributed by atoms with E-state index in [9.17, 15) is 9.59 Å². The SMILES string of the molecule is CCOc1ccc(CN2C(=O)c3cc(-c4ccccc4)nn3C[C@]2(C)C(=O)NCc2ccccc2)cc1. The molecule has 0 unspecified atom stereocenters. The molecule has 7 heteroatoms. The van der Waals surface area contributed by atoms with Crippen molar-refractivity contribution < 1.29 is 14.3 Å². The van der Waals surface area contributed by atoms with Gasteiger partial charge < -0.3 is 15.0 Å². The third-order valence-electron chi connectivity index (χ3n) is 6.73. The fraction of sp³-hybridized carbons (Fsp3) is 0.233. The number of hydrogen-bond acceptors (Lipinski definition) is 4. The van der Waals surface area contributed by atoms with Crippen LogP contribution in [0.15, 0.2) is 91.0 Å². The van der Waals surface area contributed by atoms with Crippen molar-refractivity contribution in [1.82, 2.24) is 20.0 Å². The average Bonchev–Trinajstić information content (AvgIpc) is 3.36. The van der Waals surface area contributed by atoms with Crippen LogP contribution in [-0.4, -0.2) is 38.6 Å². The van der Waals surface area contributed by atoms with Gasteiger partial charge in [-0.3, -0.25) is 14.3 Å². The summed E-state index contributed by atoms with van der Waals surface area (Å²) in [6.45, 7) is 5.24. The maximum atomic E-state index is 13.9. The van der Waals surface area contributed by atoms with Gasteiger partial charge in [0.05, 0.1) is 18.8 Å². The predicted octanol–water partition coefficient (Wildman–Crippen LogP) is 4.68. The van der Waals surface area contributed by atoms with Gasteiger partial charge in [-0.05, 0) is 43.2 Å². The summed E-state index contributed by atoms with van der Waals surface area (Å²) < 4.78 is 7.23. The Morgan fingerprint density at radius 2 is 1.65 bits per heavy atom. The van der Waals surface area contributed by atoms with Crippen molar-refractivity contribution in [3.63, 3.8) is 0 Å². The summed E-state index contributed by atoms with van der Waals surface area (Å²) in [5.74, 6) is 0.315. The van der Waals surface area contributed by atoms with Crippen LogP contribution in [0.25, 0.3) is 11.3 Å². The molecule has 0 spiro atoms. The first kappa shape index (κ1) is 24.3. The quantitative estimate of drug-likeness (QED) is 0.386. The van der Waals surface area contributed by atoms with Crippen LogP contribution < -0.4 is 10.1 Å². The molecular formula is C30H30N4O3. The summed E-state index contributed by atoms with van der Waals surface area (Å²) in [5, 5.41) is 7.76. The zero-order valence-electron chi connectivity index (χ0n) is 21.1. The molecule has 0 fully saturated rings. The number of ether oxygens (including phenoxy) is 1. The number of rotatable bonds is 8. The lowest BCUT2D eigenvalue weighted by atomic mass is 9.94. The van der Waals surface area contributed by atoms with Crippen LogP contribution in [0.3, 0.4) is 0 Å². The Morgan fingerprint density at radius 1 is 0.973 bits per heavy atom. The molecule has 1 aliphatic rings. The summed E-state index contributed by atoms with van der Waals surface area (Å²) in [4.78, 5) is 29.3. The highest BCUT2D eigenvalue weighted by Crippen LogP contribution is 2.32. The standard InChI is InChI=1S/C30H30N4O3/c1-3-37-25-16-14-23(15-17-25)20-33-28(35)27-18-26(24-12-8-5-9-13-24)32-34(27)21-30(33,2)29(36)31-19-22-10-6-4-7-11-22/h4-18H,3,19-21H2,1-2H3,(H,31,36)/t30-/m1/s1. The minimum atomic E-state index is -1.14. The summed E-state index contributed by atoms with van der Waals surface area (Å²) in [5.41, 5.74) is 2.86. The average molecular weight is 495 g/mol. The van der Waals surface area contributed by atoms with Gasteiger partial charge in [0.25, 0.3) is 5.91 Å². The first-order valence-corrected chi connectivity index (χ1v) is 12.5. The van der Waals surface area contributed by atoms with Gasteiger partial charge in [-0.25, -0.2) is 0 Å². The molecule has 0 aliphatic carbocycles. The summed E-state index contributed by atoms with van der Waals surface area (Å²) in [6.07, 6.45) is 0. The number of fused-ring (bicyclic) bond motifs is 1. The van der Waals surface area contributed by atoms with Gasteiger partial charge in [-0.1, -0.05) is 72.8 Å². The second-order valence-corrected chi connectivity index (χ2v) is 9.35. The molecule has 2 heterocycles. The molecule has 4 aromatic rings. The van der Waals surface area contributed by atoms with Gasteiger partial charge >= 0.3 is 0 Å². The summed E-state index contributed by atoms with van der Waals surface area (Å²) in [6, 6.07) is 28.9. The van der Waals surface area contributed by atoms with Crippen molar-refractivity contribution in [2.75, 3.05) is 6.61 Å². The molecule has 0 saturated heterocycles. The lowest BCUT2D eigenvalue weighted by Gasteiger charge is -2.43. The zero-order valence-corrected chi connectivity index (χ0v) is 21.1. The number of hydrogen-bond donors (Lipinski definition) is 1. The molecule has 0 radical (unpaired) electrons. The van der Waals surface area contributed by atoms with E-state index in [-0.39, 0.29) is 24.9 Å². The van der Waals surface area contributed by atoms with Crippen molar-refractivity contribution in [3.8, 4) is 17.0 Å². The number of amides is 2. The maximum absolute atomic E-state index is 13.9. The Kier molecular flexibility index (Phi) is 6.77.